The zero-order chi connectivity index (χ0) is 10.4. The van der Waals surface area contributed by atoms with Gasteiger partial charge in [-0.25, -0.2) is 0 Å². The highest BCUT2D eigenvalue weighted by atomic mass is 16.5. The monoisotopic (exact) mass is 191 g/mol. The smallest absolute Gasteiger partial charge is 0.123 e. The molecular weight excluding hydrogens is 174 g/mol. The zero-order valence-electron chi connectivity index (χ0n) is 8.57. The second kappa shape index (κ2) is 5.45. The highest BCUT2D eigenvalue weighted by Gasteiger charge is 2.09. The number of benzene rings is 1. The van der Waals surface area contributed by atoms with Crippen molar-refractivity contribution in [1.82, 2.24) is 0 Å². The molecule has 0 bridgehead atoms. The van der Waals surface area contributed by atoms with Crippen LogP contribution in [0.4, 0.5) is 0 Å². The molecule has 1 aromatic rings. The van der Waals surface area contributed by atoms with Gasteiger partial charge in [0, 0.05) is 11.6 Å². The molecule has 1 rings (SSSR count). The van der Waals surface area contributed by atoms with Crippen molar-refractivity contribution in [3.05, 3.63) is 42.5 Å². The molecule has 0 aliphatic carbocycles. The minimum absolute atomic E-state index is 0.0316. The van der Waals surface area contributed by atoms with Gasteiger partial charge in [0.1, 0.15) is 5.75 Å². The van der Waals surface area contributed by atoms with E-state index in [1.165, 1.54) is 0 Å². The molecule has 0 radical (unpaired) electrons. The van der Waals surface area contributed by atoms with Crippen molar-refractivity contribution in [2.45, 2.75) is 18.9 Å². The summed E-state index contributed by atoms with van der Waals surface area (Å²) >= 11 is 0. The fourth-order valence-corrected chi connectivity index (χ4v) is 1.43. The Labute approximate surface area is 85.4 Å². The van der Waals surface area contributed by atoms with E-state index in [2.05, 4.69) is 6.58 Å². The fraction of sp³-hybridized carbons (Fsp3) is 0.333. The predicted octanol–water partition coefficient (Wildman–Crippen LogP) is 2.66. The summed E-state index contributed by atoms with van der Waals surface area (Å²) in [6, 6.07) is 7.90. The molecular formula is C12H17NO. The topological polar surface area (TPSA) is 35.2 Å². The van der Waals surface area contributed by atoms with Crippen LogP contribution in [-0.4, -0.2) is 7.11 Å². The average Bonchev–Trinajstić information content (AvgIpc) is 2.25. The van der Waals surface area contributed by atoms with Gasteiger partial charge >= 0.3 is 0 Å². The molecule has 2 nitrogen and oxygen atoms in total. The normalized spacial score (nSPS) is 12.1. The predicted molar refractivity (Wildman–Crippen MR) is 59.4 cm³/mol. The number of rotatable bonds is 5. The minimum atomic E-state index is 0.0316. The van der Waals surface area contributed by atoms with Gasteiger partial charge in [-0.1, -0.05) is 24.3 Å². The molecule has 1 aromatic carbocycles. The number of methoxy groups -OCH3 is 1. The van der Waals surface area contributed by atoms with Crippen LogP contribution in [0.2, 0.25) is 0 Å². The van der Waals surface area contributed by atoms with Gasteiger partial charge in [-0.2, -0.15) is 0 Å². The highest BCUT2D eigenvalue weighted by Crippen LogP contribution is 2.25. The Balaban J connectivity index is 2.77. The summed E-state index contributed by atoms with van der Waals surface area (Å²) in [6.45, 7) is 3.68. The van der Waals surface area contributed by atoms with Gasteiger partial charge in [0.25, 0.3) is 0 Å². The molecule has 2 N–H and O–H groups in total. The first kappa shape index (κ1) is 10.8. The molecule has 0 saturated heterocycles. The SMILES string of the molecule is C=CCC[C@@H](N)c1ccccc1OC. The molecule has 2 heteroatoms. The Hall–Kier alpha value is -1.28. The third kappa shape index (κ3) is 2.60. The first-order chi connectivity index (χ1) is 6.79. The largest absolute Gasteiger partial charge is 0.496 e. The lowest BCUT2D eigenvalue weighted by molar-refractivity contribution is 0.404. The van der Waals surface area contributed by atoms with E-state index in [0.29, 0.717) is 0 Å². The van der Waals surface area contributed by atoms with Crippen LogP contribution in [-0.2, 0) is 0 Å². The summed E-state index contributed by atoms with van der Waals surface area (Å²) in [4.78, 5) is 0. The molecule has 0 amide bonds. The van der Waals surface area contributed by atoms with Crippen LogP contribution in [0.15, 0.2) is 36.9 Å². The van der Waals surface area contributed by atoms with E-state index < -0.39 is 0 Å². The lowest BCUT2D eigenvalue weighted by atomic mass is 10.0. The van der Waals surface area contributed by atoms with Crippen LogP contribution in [0.5, 0.6) is 5.75 Å². The molecule has 0 heterocycles. The maximum Gasteiger partial charge on any atom is 0.123 e. The fourth-order valence-electron chi connectivity index (χ4n) is 1.43. The Morgan fingerprint density at radius 2 is 2.21 bits per heavy atom. The quantitative estimate of drug-likeness (QED) is 0.726. The van der Waals surface area contributed by atoms with Crippen LogP contribution in [0.1, 0.15) is 24.4 Å². The first-order valence-electron chi connectivity index (χ1n) is 4.79. The van der Waals surface area contributed by atoms with Crippen LogP contribution in [0, 0.1) is 0 Å². The number of nitrogens with two attached hydrogens (primary N) is 1. The second-order valence-electron chi connectivity index (χ2n) is 3.21. The van der Waals surface area contributed by atoms with Gasteiger partial charge in [0.15, 0.2) is 0 Å². The molecule has 0 spiro atoms. The van der Waals surface area contributed by atoms with Crippen molar-refractivity contribution in [1.29, 1.82) is 0 Å². The number of hydrogen-bond acceptors (Lipinski definition) is 2. The van der Waals surface area contributed by atoms with E-state index in [1.807, 2.05) is 30.3 Å². The van der Waals surface area contributed by atoms with E-state index in [-0.39, 0.29) is 6.04 Å². The van der Waals surface area contributed by atoms with Crippen molar-refractivity contribution in [2.75, 3.05) is 7.11 Å². The van der Waals surface area contributed by atoms with Crippen molar-refractivity contribution >= 4 is 0 Å². The van der Waals surface area contributed by atoms with Gasteiger partial charge in [0.05, 0.1) is 7.11 Å². The molecule has 0 aromatic heterocycles. The maximum absolute atomic E-state index is 6.03. The lowest BCUT2D eigenvalue weighted by Gasteiger charge is -2.14. The van der Waals surface area contributed by atoms with Gasteiger partial charge in [-0.15, -0.1) is 6.58 Å². The minimum Gasteiger partial charge on any atom is -0.496 e. The Morgan fingerprint density at radius 3 is 2.86 bits per heavy atom. The highest BCUT2D eigenvalue weighted by molar-refractivity contribution is 5.35. The summed E-state index contributed by atoms with van der Waals surface area (Å²) in [6.07, 6.45) is 3.72. The lowest BCUT2D eigenvalue weighted by Crippen LogP contribution is -2.10. The number of hydrogen-bond donors (Lipinski definition) is 1. The van der Waals surface area contributed by atoms with Gasteiger partial charge in [0.2, 0.25) is 0 Å². The van der Waals surface area contributed by atoms with Crippen molar-refractivity contribution < 1.29 is 4.74 Å². The first-order valence-corrected chi connectivity index (χ1v) is 4.79. The summed E-state index contributed by atoms with van der Waals surface area (Å²) in [5.41, 5.74) is 7.10. The van der Waals surface area contributed by atoms with Gasteiger partial charge in [-0.3, -0.25) is 0 Å². The Morgan fingerprint density at radius 1 is 1.50 bits per heavy atom. The van der Waals surface area contributed by atoms with E-state index in [4.69, 9.17) is 10.5 Å². The van der Waals surface area contributed by atoms with E-state index in [9.17, 15) is 0 Å². The van der Waals surface area contributed by atoms with Crippen molar-refractivity contribution in [2.24, 2.45) is 5.73 Å². The number of para-hydroxylation sites is 1. The zero-order valence-corrected chi connectivity index (χ0v) is 8.57. The van der Waals surface area contributed by atoms with Crippen LogP contribution in [0.25, 0.3) is 0 Å². The molecule has 0 unspecified atom stereocenters. The van der Waals surface area contributed by atoms with E-state index >= 15 is 0 Å². The maximum atomic E-state index is 6.03. The van der Waals surface area contributed by atoms with Crippen LogP contribution < -0.4 is 10.5 Å². The second-order valence-corrected chi connectivity index (χ2v) is 3.21. The summed E-state index contributed by atoms with van der Waals surface area (Å²) in [5.74, 6) is 0.865. The third-order valence-electron chi connectivity index (χ3n) is 2.22. The number of ether oxygens (including phenoxy) is 1. The summed E-state index contributed by atoms with van der Waals surface area (Å²) in [5, 5.41) is 0. The third-order valence-corrected chi connectivity index (χ3v) is 2.22. The Bertz CT molecular complexity index is 296. The van der Waals surface area contributed by atoms with Crippen molar-refractivity contribution in [3.63, 3.8) is 0 Å². The molecule has 0 saturated carbocycles. The standard InChI is InChI=1S/C12H17NO/c1-3-4-8-11(13)10-7-5-6-9-12(10)14-2/h3,5-7,9,11H,1,4,8,13H2,2H3/t11-/m1/s1. The van der Waals surface area contributed by atoms with Gasteiger partial charge < -0.3 is 10.5 Å². The molecule has 1 atom stereocenters. The van der Waals surface area contributed by atoms with Gasteiger partial charge in [-0.05, 0) is 18.9 Å². The summed E-state index contributed by atoms with van der Waals surface area (Å²) in [7, 11) is 1.67. The van der Waals surface area contributed by atoms with E-state index in [0.717, 1.165) is 24.2 Å². The van der Waals surface area contributed by atoms with Crippen molar-refractivity contribution in [3.8, 4) is 5.75 Å². The van der Waals surface area contributed by atoms with E-state index in [1.54, 1.807) is 7.11 Å². The Kier molecular flexibility index (Phi) is 4.20. The average molecular weight is 191 g/mol. The summed E-state index contributed by atoms with van der Waals surface area (Å²) < 4.78 is 5.24. The number of allylic oxidation sites excluding steroid dienone is 1. The molecule has 0 aliphatic rings. The molecule has 0 aliphatic heterocycles. The van der Waals surface area contributed by atoms with Crippen LogP contribution in [0.3, 0.4) is 0 Å². The molecule has 14 heavy (non-hydrogen) atoms. The van der Waals surface area contributed by atoms with Crippen LogP contribution >= 0.6 is 0 Å². The molecule has 0 fully saturated rings. The molecule has 76 valence electrons.